The van der Waals surface area contributed by atoms with Crippen LogP contribution in [0.5, 0.6) is 5.75 Å². The van der Waals surface area contributed by atoms with Crippen molar-refractivity contribution in [2.45, 2.75) is 18.9 Å². The molecule has 1 heterocycles. The molecule has 2 rings (SSSR count). The maximum Gasteiger partial charge on any atom is 0.304 e. The number of methoxy groups -OCH3 is 1. The van der Waals surface area contributed by atoms with E-state index in [9.17, 15) is 4.79 Å². The van der Waals surface area contributed by atoms with Crippen LogP contribution in [0.2, 0.25) is 0 Å². The van der Waals surface area contributed by atoms with Crippen LogP contribution < -0.4 is 15.0 Å². The molecule has 19 heavy (non-hydrogen) atoms. The number of carboxylic acids is 1. The Morgan fingerprint density at radius 3 is 3.16 bits per heavy atom. The summed E-state index contributed by atoms with van der Waals surface area (Å²) in [7, 11) is 1.65. The van der Waals surface area contributed by atoms with E-state index in [0.29, 0.717) is 6.54 Å². The molecule has 5 nitrogen and oxygen atoms in total. The molecule has 1 aromatic carbocycles. The molecule has 1 atom stereocenters. The lowest BCUT2D eigenvalue weighted by molar-refractivity contribution is -0.137. The Hall–Kier alpha value is -1.75. The first-order chi connectivity index (χ1) is 9.19. The molecular weight excluding hydrogens is 244 g/mol. The molecule has 0 saturated carbocycles. The molecule has 2 N–H and O–H groups in total. The number of anilines is 1. The van der Waals surface area contributed by atoms with Gasteiger partial charge < -0.3 is 20.1 Å². The zero-order valence-corrected chi connectivity index (χ0v) is 11.1. The first kappa shape index (κ1) is 13.7. The minimum atomic E-state index is -0.759. The third-order valence-corrected chi connectivity index (χ3v) is 3.32. The monoisotopic (exact) mass is 264 g/mol. The Morgan fingerprint density at radius 2 is 2.42 bits per heavy atom. The summed E-state index contributed by atoms with van der Waals surface area (Å²) >= 11 is 0. The van der Waals surface area contributed by atoms with Crippen molar-refractivity contribution in [1.82, 2.24) is 5.32 Å². The van der Waals surface area contributed by atoms with Crippen LogP contribution in [0.15, 0.2) is 24.3 Å². The highest BCUT2D eigenvalue weighted by atomic mass is 16.5. The van der Waals surface area contributed by atoms with E-state index in [2.05, 4.69) is 10.2 Å². The zero-order chi connectivity index (χ0) is 13.7. The lowest BCUT2D eigenvalue weighted by Gasteiger charge is -2.26. The normalized spacial score (nSPS) is 19.8. The maximum atomic E-state index is 10.8. The van der Waals surface area contributed by atoms with Crippen LogP contribution in [0, 0.1) is 0 Å². The average Bonchev–Trinajstić information content (AvgIpc) is 2.64. The number of carboxylic acid groups (broad SMARTS) is 1. The second-order valence-electron chi connectivity index (χ2n) is 4.75. The minimum Gasteiger partial charge on any atom is -0.497 e. The number of aliphatic carboxylic acids is 1. The van der Waals surface area contributed by atoms with Gasteiger partial charge in [-0.2, -0.15) is 0 Å². The van der Waals surface area contributed by atoms with E-state index in [-0.39, 0.29) is 12.5 Å². The fraction of sp³-hybridized carbons (Fsp3) is 0.500. The van der Waals surface area contributed by atoms with Crippen LogP contribution in [-0.2, 0) is 4.79 Å². The van der Waals surface area contributed by atoms with Gasteiger partial charge in [-0.25, -0.2) is 0 Å². The predicted molar refractivity (Wildman–Crippen MR) is 73.9 cm³/mol. The van der Waals surface area contributed by atoms with Gasteiger partial charge in [0.15, 0.2) is 0 Å². The highest BCUT2D eigenvalue weighted by Crippen LogP contribution is 2.22. The smallest absolute Gasteiger partial charge is 0.304 e. The Morgan fingerprint density at radius 1 is 1.58 bits per heavy atom. The van der Waals surface area contributed by atoms with Crippen molar-refractivity contribution in [3.8, 4) is 5.75 Å². The van der Waals surface area contributed by atoms with E-state index in [4.69, 9.17) is 9.84 Å². The Kier molecular flexibility index (Phi) is 4.63. The summed E-state index contributed by atoms with van der Waals surface area (Å²) in [5, 5.41) is 12.2. The zero-order valence-electron chi connectivity index (χ0n) is 11.1. The van der Waals surface area contributed by atoms with E-state index in [1.165, 1.54) is 0 Å². The van der Waals surface area contributed by atoms with E-state index in [0.717, 1.165) is 30.9 Å². The van der Waals surface area contributed by atoms with Crippen molar-refractivity contribution in [2.75, 3.05) is 31.6 Å². The number of rotatable bonds is 4. The van der Waals surface area contributed by atoms with Crippen LogP contribution in [0.4, 0.5) is 5.69 Å². The molecule has 0 radical (unpaired) electrons. The molecule has 0 aromatic heterocycles. The number of nitrogens with one attached hydrogen (secondary N) is 1. The van der Waals surface area contributed by atoms with E-state index in [1.807, 2.05) is 24.3 Å². The third kappa shape index (κ3) is 3.86. The van der Waals surface area contributed by atoms with Gasteiger partial charge in [0.2, 0.25) is 0 Å². The maximum absolute atomic E-state index is 10.8. The quantitative estimate of drug-likeness (QED) is 0.859. The van der Waals surface area contributed by atoms with Gasteiger partial charge in [0.05, 0.1) is 13.5 Å². The molecule has 1 aromatic rings. The van der Waals surface area contributed by atoms with Gasteiger partial charge in [0, 0.05) is 30.9 Å². The summed E-state index contributed by atoms with van der Waals surface area (Å²) in [6.45, 7) is 2.49. The van der Waals surface area contributed by atoms with Crippen LogP contribution >= 0.6 is 0 Å². The standard InChI is InChI=1S/C14H20N2O3/c1-19-13-5-2-4-12(9-13)16-7-3-6-15-11(10-16)8-14(17)18/h2,4-5,9,11,15H,3,6-8,10H2,1H3,(H,17,18). The van der Waals surface area contributed by atoms with Crippen LogP contribution in [0.1, 0.15) is 12.8 Å². The Balaban J connectivity index is 2.10. The molecule has 0 amide bonds. The SMILES string of the molecule is COc1cccc(N2CCCNC(CC(=O)O)C2)c1. The average molecular weight is 264 g/mol. The highest BCUT2D eigenvalue weighted by Gasteiger charge is 2.20. The molecule has 1 saturated heterocycles. The van der Waals surface area contributed by atoms with Gasteiger partial charge in [0.1, 0.15) is 5.75 Å². The second-order valence-corrected chi connectivity index (χ2v) is 4.75. The minimum absolute atomic E-state index is 0.00815. The molecule has 0 aliphatic carbocycles. The molecular formula is C14H20N2O3. The first-order valence-electron chi connectivity index (χ1n) is 6.53. The number of carbonyl (C=O) groups is 1. The van der Waals surface area contributed by atoms with Crippen molar-refractivity contribution in [1.29, 1.82) is 0 Å². The summed E-state index contributed by atoms with van der Waals surface area (Å²) in [5.74, 6) is 0.0643. The van der Waals surface area contributed by atoms with Gasteiger partial charge in [-0.1, -0.05) is 6.07 Å². The van der Waals surface area contributed by atoms with Crippen molar-refractivity contribution >= 4 is 11.7 Å². The lowest BCUT2D eigenvalue weighted by Crippen LogP contribution is -2.39. The van der Waals surface area contributed by atoms with Gasteiger partial charge in [-0.3, -0.25) is 4.79 Å². The van der Waals surface area contributed by atoms with Crippen LogP contribution in [0.3, 0.4) is 0 Å². The van der Waals surface area contributed by atoms with Crippen molar-refractivity contribution in [3.05, 3.63) is 24.3 Å². The molecule has 1 unspecified atom stereocenters. The van der Waals surface area contributed by atoms with Gasteiger partial charge >= 0.3 is 5.97 Å². The molecule has 1 aliphatic heterocycles. The number of hydrogen-bond donors (Lipinski definition) is 2. The number of benzene rings is 1. The highest BCUT2D eigenvalue weighted by molar-refractivity contribution is 5.67. The summed E-state index contributed by atoms with van der Waals surface area (Å²) < 4.78 is 5.23. The van der Waals surface area contributed by atoms with Crippen LogP contribution in [-0.4, -0.2) is 43.9 Å². The molecule has 104 valence electrons. The Bertz CT molecular complexity index is 436. The number of ether oxygens (including phenoxy) is 1. The van der Waals surface area contributed by atoms with E-state index < -0.39 is 5.97 Å². The molecule has 0 bridgehead atoms. The fourth-order valence-corrected chi connectivity index (χ4v) is 2.39. The van der Waals surface area contributed by atoms with E-state index >= 15 is 0 Å². The van der Waals surface area contributed by atoms with Crippen molar-refractivity contribution in [2.24, 2.45) is 0 Å². The predicted octanol–water partition coefficient (Wildman–Crippen LogP) is 1.34. The molecule has 0 spiro atoms. The third-order valence-electron chi connectivity index (χ3n) is 3.32. The van der Waals surface area contributed by atoms with Gasteiger partial charge in [-0.05, 0) is 25.1 Å². The number of nitrogens with zero attached hydrogens (tertiary/aromatic N) is 1. The van der Waals surface area contributed by atoms with Crippen molar-refractivity contribution in [3.63, 3.8) is 0 Å². The summed E-state index contributed by atoms with van der Waals surface area (Å²) in [6, 6.07) is 7.88. The van der Waals surface area contributed by atoms with Crippen LogP contribution in [0.25, 0.3) is 0 Å². The van der Waals surface area contributed by atoms with Gasteiger partial charge in [-0.15, -0.1) is 0 Å². The van der Waals surface area contributed by atoms with Crippen molar-refractivity contribution < 1.29 is 14.6 Å². The summed E-state index contributed by atoms with van der Waals surface area (Å²) in [4.78, 5) is 13.1. The molecule has 1 aliphatic rings. The molecule has 5 heteroatoms. The molecule has 1 fully saturated rings. The number of hydrogen-bond acceptors (Lipinski definition) is 4. The topological polar surface area (TPSA) is 61.8 Å². The Labute approximate surface area is 113 Å². The van der Waals surface area contributed by atoms with E-state index in [1.54, 1.807) is 7.11 Å². The second kappa shape index (κ2) is 6.43. The largest absolute Gasteiger partial charge is 0.497 e. The first-order valence-corrected chi connectivity index (χ1v) is 6.53. The fourth-order valence-electron chi connectivity index (χ4n) is 2.39. The summed E-state index contributed by atoms with van der Waals surface area (Å²) in [5.41, 5.74) is 1.08. The summed E-state index contributed by atoms with van der Waals surface area (Å²) in [6.07, 6.45) is 1.16. The van der Waals surface area contributed by atoms with Gasteiger partial charge in [0.25, 0.3) is 0 Å². The lowest BCUT2D eigenvalue weighted by atomic mass is 10.2.